The van der Waals surface area contributed by atoms with Gasteiger partial charge in [-0.3, -0.25) is 4.79 Å². The molecule has 1 aliphatic heterocycles. The number of amides is 1. The van der Waals surface area contributed by atoms with Gasteiger partial charge in [-0.05, 0) is 44.9 Å². The van der Waals surface area contributed by atoms with Gasteiger partial charge in [0, 0.05) is 24.5 Å². The van der Waals surface area contributed by atoms with Crippen molar-refractivity contribution in [2.45, 2.75) is 26.7 Å². The quantitative estimate of drug-likeness (QED) is 0.769. The second-order valence-electron chi connectivity index (χ2n) is 6.11. The Morgan fingerprint density at radius 1 is 1.17 bits per heavy atom. The van der Waals surface area contributed by atoms with Crippen molar-refractivity contribution < 1.29 is 9.18 Å². The monoisotopic (exact) mass is 312 g/mol. The standard InChI is InChI=1S/C19H21FN2O/c1-13-8-10-21(11-9-13)19(23)16-12-14(2)22(15(16)3)18-7-5-4-6-17(18)20/h4-7,12H,1,8-11H2,2-3H3. The number of benzene rings is 1. The van der Waals surface area contributed by atoms with Crippen LogP contribution >= 0.6 is 0 Å². The maximum absolute atomic E-state index is 14.1. The summed E-state index contributed by atoms with van der Waals surface area (Å²) in [5.41, 5.74) is 3.97. The van der Waals surface area contributed by atoms with Gasteiger partial charge in [-0.1, -0.05) is 24.3 Å². The Morgan fingerprint density at radius 2 is 1.83 bits per heavy atom. The first-order chi connectivity index (χ1) is 11.0. The highest BCUT2D eigenvalue weighted by Crippen LogP contribution is 2.25. The van der Waals surface area contributed by atoms with E-state index in [1.165, 1.54) is 11.6 Å². The zero-order valence-electron chi connectivity index (χ0n) is 13.6. The van der Waals surface area contributed by atoms with Gasteiger partial charge in [0.1, 0.15) is 5.82 Å². The Bertz CT molecular complexity index is 766. The Labute approximate surface area is 136 Å². The molecule has 0 radical (unpaired) electrons. The Balaban J connectivity index is 1.96. The molecule has 3 rings (SSSR count). The Kier molecular flexibility index (Phi) is 4.07. The van der Waals surface area contributed by atoms with Gasteiger partial charge in [-0.2, -0.15) is 0 Å². The van der Waals surface area contributed by atoms with Gasteiger partial charge in [0.15, 0.2) is 0 Å². The first kappa shape index (κ1) is 15.5. The van der Waals surface area contributed by atoms with Crippen LogP contribution in [0.2, 0.25) is 0 Å². The number of aryl methyl sites for hydroxylation is 1. The zero-order chi connectivity index (χ0) is 16.6. The third-order valence-corrected chi connectivity index (χ3v) is 4.51. The molecule has 0 atom stereocenters. The van der Waals surface area contributed by atoms with E-state index in [-0.39, 0.29) is 11.7 Å². The molecule has 0 bridgehead atoms. The van der Waals surface area contributed by atoms with Crippen molar-refractivity contribution in [3.05, 3.63) is 65.3 Å². The number of halogens is 1. The van der Waals surface area contributed by atoms with Crippen LogP contribution in [0.1, 0.15) is 34.6 Å². The van der Waals surface area contributed by atoms with E-state index in [4.69, 9.17) is 0 Å². The van der Waals surface area contributed by atoms with Gasteiger partial charge in [-0.25, -0.2) is 4.39 Å². The van der Waals surface area contributed by atoms with E-state index in [1.54, 1.807) is 18.2 Å². The van der Waals surface area contributed by atoms with Gasteiger partial charge < -0.3 is 9.47 Å². The summed E-state index contributed by atoms with van der Waals surface area (Å²) in [4.78, 5) is 14.7. The van der Waals surface area contributed by atoms with E-state index in [1.807, 2.05) is 29.4 Å². The van der Waals surface area contributed by atoms with Crippen molar-refractivity contribution in [3.8, 4) is 5.69 Å². The van der Waals surface area contributed by atoms with Gasteiger partial charge in [0.25, 0.3) is 5.91 Å². The van der Waals surface area contributed by atoms with Crippen molar-refractivity contribution in [1.29, 1.82) is 0 Å². The minimum absolute atomic E-state index is 0.0215. The fourth-order valence-corrected chi connectivity index (χ4v) is 3.18. The van der Waals surface area contributed by atoms with E-state index in [9.17, 15) is 9.18 Å². The van der Waals surface area contributed by atoms with Gasteiger partial charge in [0.05, 0.1) is 11.3 Å². The second kappa shape index (κ2) is 6.03. The lowest BCUT2D eigenvalue weighted by molar-refractivity contribution is 0.0743. The van der Waals surface area contributed by atoms with E-state index in [0.29, 0.717) is 24.3 Å². The van der Waals surface area contributed by atoms with Gasteiger partial charge in [0.2, 0.25) is 0 Å². The minimum atomic E-state index is -0.289. The molecule has 1 aromatic heterocycles. The van der Waals surface area contributed by atoms with Crippen molar-refractivity contribution in [2.75, 3.05) is 13.1 Å². The molecule has 0 saturated carbocycles. The van der Waals surface area contributed by atoms with Crippen LogP contribution in [0.25, 0.3) is 5.69 Å². The van der Waals surface area contributed by atoms with E-state index >= 15 is 0 Å². The number of aromatic nitrogens is 1. The third-order valence-electron chi connectivity index (χ3n) is 4.51. The summed E-state index contributed by atoms with van der Waals surface area (Å²) in [5, 5.41) is 0. The zero-order valence-corrected chi connectivity index (χ0v) is 13.6. The number of rotatable bonds is 2. The maximum atomic E-state index is 14.1. The van der Waals surface area contributed by atoms with Crippen molar-refractivity contribution in [3.63, 3.8) is 0 Å². The molecule has 0 N–H and O–H groups in total. The van der Waals surface area contributed by atoms with E-state index in [2.05, 4.69) is 6.58 Å². The summed E-state index contributed by atoms with van der Waals surface area (Å²) in [6.45, 7) is 9.17. The smallest absolute Gasteiger partial charge is 0.255 e. The highest BCUT2D eigenvalue weighted by molar-refractivity contribution is 5.96. The second-order valence-corrected chi connectivity index (χ2v) is 6.11. The van der Waals surface area contributed by atoms with Crippen molar-refractivity contribution >= 4 is 5.91 Å². The largest absolute Gasteiger partial charge is 0.338 e. The van der Waals surface area contributed by atoms with Crippen LogP contribution in [-0.2, 0) is 0 Å². The van der Waals surface area contributed by atoms with Crippen molar-refractivity contribution in [1.82, 2.24) is 9.47 Å². The highest BCUT2D eigenvalue weighted by Gasteiger charge is 2.24. The highest BCUT2D eigenvalue weighted by atomic mass is 19.1. The Morgan fingerprint density at radius 3 is 2.48 bits per heavy atom. The number of piperidine rings is 1. The fraction of sp³-hybridized carbons (Fsp3) is 0.316. The van der Waals surface area contributed by atoms with E-state index < -0.39 is 0 Å². The van der Waals surface area contributed by atoms with Gasteiger partial charge in [-0.15, -0.1) is 0 Å². The molecule has 23 heavy (non-hydrogen) atoms. The van der Waals surface area contributed by atoms with Crippen LogP contribution in [0.5, 0.6) is 0 Å². The molecule has 0 unspecified atom stereocenters. The Hall–Kier alpha value is -2.36. The molecule has 120 valence electrons. The molecule has 1 saturated heterocycles. The first-order valence-corrected chi connectivity index (χ1v) is 7.89. The number of likely N-dealkylation sites (tertiary alicyclic amines) is 1. The van der Waals surface area contributed by atoms with Crippen LogP contribution in [0.15, 0.2) is 42.5 Å². The fourth-order valence-electron chi connectivity index (χ4n) is 3.18. The average Bonchev–Trinajstić information content (AvgIpc) is 2.83. The third kappa shape index (κ3) is 2.81. The molecule has 1 aliphatic rings. The summed E-state index contributed by atoms with van der Waals surface area (Å²) < 4.78 is 15.9. The molecular formula is C19H21FN2O. The molecule has 2 aromatic rings. The SMILES string of the molecule is C=C1CCN(C(=O)c2cc(C)n(-c3ccccc3F)c2C)CC1. The number of hydrogen-bond acceptors (Lipinski definition) is 1. The van der Waals surface area contributed by atoms with E-state index in [0.717, 1.165) is 24.2 Å². The molecule has 3 nitrogen and oxygen atoms in total. The molecule has 1 aromatic carbocycles. The maximum Gasteiger partial charge on any atom is 0.255 e. The summed E-state index contributed by atoms with van der Waals surface area (Å²) in [6, 6.07) is 8.49. The van der Waals surface area contributed by atoms with Crippen LogP contribution in [0.3, 0.4) is 0 Å². The molecule has 0 aliphatic carbocycles. The minimum Gasteiger partial charge on any atom is -0.338 e. The summed E-state index contributed by atoms with van der Waals surface area (Å²) in [6.07, 6.45) is 1.72. The predicted molar refractivity (Wildman–Crippen MR) is 89.5 cm³/mol. The number of para-hydroxylation sites is 1. The van der Waals surface area contributed by atoms with Crippen LogP contribution < -0.4 is 0 Å². The predicted octanol–water partition coefficient (Wildman–Crippen LogP) is 4.03. The lowest BCUT2D eigenvalue weighted by atomic mass is 10.0. The number of nitrogens with zero attached hydrogens (tertiary/aromatic N) is 2. The molecule has 2 heterocycles. The molecule has 1 amide bonds. The normalized spacial score (nSPS) is 15.1. The molecule has 0 spiro atoms. The topological polar surface area (TPSA) is 25.2 Å². The van der Waals surface area contributed by atoms with Crippen LogP contribution in [-0.4, -0.2) is 28.5 Å². The van der Waals surface area contributed by atoms with Crippen LogP contribution in [0, 0.1) is 19.7 Å². The summed E-state index contributed by atoms with van der Waals surface area (Å²) >= 11 is 0. The molecule has 4 heteroatoms. The molecular weight excluding hydrogens is 291 g/mol. The summed E-state index contributed by atoms with van der Waals surface area (Å²) in [5.74, 6) is -0.268. The number of carbonyl (C=O) groups excluding carboxylic acids is 1. The lowest BCUT2D eigenvalue weighted by Crippen LogP contribution is -2.36. The number of carbonyl (C=O) groups is 1. The average molecular weight is 312 g/mol. The molecule has 1 fully saturated rings. The summed E-state index contributed by atoms with van der Waals surface area (Å²) in [7, 11) is 0. The van der Waals surface area contributed by atoms with Gasteiger partial charge >= 0.3 is 0 Å². The van der Waals surface area contributed by atoms with Crippen molar-refractivity contribution in [2.24, 2.45) is 0 Å². The number of hydrogen-bond donors (Lipinski definition) is 0. The first-order valence-electron chi connectivity index (χ1n) is 7.89. The van der Waals surface area contributed by atoms with Crippen LogP contribution in [0.4, 0.5) is 4.39 Å². The lowest BCUT2D eigenvalue weighted by Gasteiger charge is -2.28.